The number of halogens is 1. The fourth-order valence-electron chi connectivity index (χ4n) is 1.48. The average molecular weight is 292 g/mol. The minimum absolute atomic E-state index is 0.295. The predicted octanol–water partition coefficient (Wildman–Crippen LogP) is 3.19. The standard InChI is InChI=1S/C14H10ClNO2S/c15-12-4-2-1-3-11(12)14(17)18-10-7-5-9(6-8-10)13(16)19/h1-8H,(H2,16,19). The quantitative estimate of drug-likeness (QED) is 0.536. The first kappa shape index (κ1) is 13.5. The molecule has 0 saturated carbocycles. The zero-order valence-corrected chi connectivity index (χ0v) is 11.4. The largest absolute Gasteiger partial charge is 0.423 e. The Labute approximate surface area is 120 Å². The van der Waals surface area contributed by atoms with E-state index in [2.05, 4.69) is 0 Å². The first-order valence-corrected chi connectivity index (χ1v) is 6.23. The molecule has 2 N–H and O–H groups in total. The third-order valence-corrected chi connectivity index (χ3v) is 3.01. The second kappa shape index (κ2) is 5.82. The summed E-state index contributed by atoms with van der Waals surface area (Å²) in [5.74, 6) is -0.0985. The second-order valence-electron chi connectivity index (χ2n) is 3.76. The Morgan fingerprint density at radius 2 is 1.74 bits per heavy atom. The van der Waals surface area contributed by atoms with Crippen LogP contribution in [0.3, 0.4) is 0 Å². The summed E-state index contributed by atoms with van der Waals surface area (Å²) in [6.07, 6.45) is 0. The molecule has 0 aliphatic rings. The maximum absolute atomic E-state index is 11.9. The lowest BCUT2D eigenvalue weighted by Crippen LogP contribution is -2.11. The molecule has 2 rings (SSSR count). The Morgan fingerprint density at radius 3 is 2.32 bits per heavy atom. The summed E-state index contributed by atoms with van der Waals surface area (Å²) < 4.78 is 5.21. The Bertz CT molecular complexity index is 626. The highest BCUT2D eigenvalue weighted by Gasteiger charge is 2.12. The van der Waals surface area contributed by atoms with Crippen LogP contribution >= 0.6 is 23.8 Å². The van der Waals surface area contributed by atoms with E-state index in [9.17, 15) is 4.79 Å². The van der Waals surface area contributed by atoms with Crippen molar-refractivity contribution in [1.82, 2.24) is 0 Å². The molecule has 96 valence electrons. The Kier molecular flexibility index (Phi) is 4.14. The van der Waals surface area contributed by atoms with Gasteiger partial charge in [0.2, 0.25) is 0 Å². The van der Waals surface area contributed by atoms with Gasteiger partial charge in [-0.3, -0.25) is 0 Å². The summed E-state index contributed by atoms with van der Waals surface area (Å²) in [7, 11) is 0. The van der Waals surface area contributed by atoms with Gasteiger partial charge in [0.05, 0.1) is 10.6 Å². The number of esters is 1. The molecule has 0 unspecified atom stereocenters. The fourth-order valence-corrected chi connectivity index (χ4v) is 1.82. The van der Waals surface area contributed by atoms with Crippen molar-refractivity contribution in [3.63, 3.8) is 0 Å². The van der Waals surface area contributed by atoms with E-state index in [1.165, 1.54) is 0 Å². The first-order valence-electron chi connectivity index (χ1n) is 5.44. The Hall–Kier alpha value is -1.91. The summed E-state index contributed by atoms with van der Waals surface area (Å²) in [6, 6.07) is 13.3. The van der Waals surface area contributed by atoms with Gasteiger partial charge in [-0.1, -0.05) is 36.0 Å². The number of carbonyl (C=O) groups is 1. The molecule has 2 aromatic rings. The first-order chi connectivity index (χ1) is 9.08. The molecule has 2 aromatic carbocycles. The SMILES string of the molecule is NC(=S)c1ccc(OC(=O)c2ccccc2Cl)cc1. The number of rotatable bonds is 3. The van der Waals surface area contributed by atoms with Gasteiger partial charge in [0.1, 0.15) is 10.7 Å². The van der Waals surface area contributed by atoms with Gasteiger partial charge in [0.15, 0.2) is 0 Å². The monoisotopic (exact) mass is 291 g/mol. The number of hydrogen-bond acceptors (Lipinski definition) is 3. The van der Waals surface area contributed by atoms with Gasteiger partial charge < -0.3 is 10.5 Å². The van der Waals surface area contributed by atoms with Gasteiger partial charge in [-0.15, -0.1) is 0 Å². The summed E-state index contributed by atoms with van der Waals surface area (Å²) >= 11 is 10.8. The predicted molar refractivity (Wildman–Crippen MR) is 78.7 cm³/mol. The lowest BCUT2D eigenvalue weighted by Gasteiger charge is -2.06. The number of carbonyl (C=O) groups excluding carboxylic acids is 1. The van der Waals surface area contributed by atoms with Gasteiger partial charge in [-0.25, -0.2) is 4.79 Å². The molecule has 0 bridgehead atoms. The zero-order chi connectivity index (χ0) is 13.8. The highest BCUT2D eigenvalue weighted by molar-refractivity contribution is 7.80. The average Bonchev–Trinajstić information content (AvgIpc) is 2.39. The van der Waals surface area contributed by atoms with Gasteiger partial charge >= 0.3 is 5.97 Å². The lowest BCUT2D eigenvalue weighted by atomic mass is 10.2. The van der Waals surface area contributed by atoms with E-state index in [4.69, 9.17) is 34.3 Å². The van der Waals surface area contributed by atoms with E-state index in [-0.39, 0.29) is 0 Å². The molecule has 0 aliphatic carbocycles. The van der Waals surface area contributed by atoms with Crippen molar-refractivity contribution in [3.05, 3.63) is 64.7 Å². The number of benzene rings is 2. The van der Waals surface area contributed by atoms with Crippen LogP contribution in [0.4, 0.5) is 0 Å². The van der Waals surface area contributed by atoms with Crippen molar-refractivity contribution in [2.75, 3.05) is 0 Å². The minimum Gasteiger partial charge on any atom is -0.423 e. The zero-order valence-electron chi connectivity index (χ0n) is 9.80. The number of ether oxygens (including phenoxy) is 1. The molecule has 0 radical (unpaired) electrons. The lowest BCUT2D eigenvalue weighted by molar-refractivity contribution is 0.0735. The number of hydrogen-bond donors (Lipinski definition) is 1. The maximum Gasteiger partial charge on any atom is 0.345 e. The van der Waals surface area contributed by atoms with Crippen LogP contribution in [0.15, 0.2) is 48.5 Å². The highest BCUT2D eigenvalue weighted by atomic mass is 35.5. The molecule has 0 spiro atoms. The molecule has 19 heavy (non-hydrogen) atoms. The smallest absolute Gasteiger partial charge is 0.345 e. The topological polar surface area (TPSA) is 52.3 Å². The minimum atomic E-state index is -0.506. The molecule has 0 fully saturated rings. The van der Waals surface area contributed by atoms with Crippen LogP contribution in [0.25, 0.3) is 0 Å². The van der Waals surface area contributed by atoms with Crippen LogP contribution in [-0.2, 0) is 0 Å². The van der Waals surface area contributed by atoms with E-state index in [0.29, 0.717) is 26.9 Å². The third kappa shape index (κ3) is 3.30. The normalized spacial score (nSPS) is 9.95. The summed E-state index contributed by atoms with van der Waals surface area (Å²) in [6.45, 7) is 0. The van der Waals surface area contributed by atoms with E-state index < -0.39 is 5.97 Å². The van der Waals surface area contributed by atoms with Crippen molar-refractivity contribution in [2.45, 2.75) is 0 Å². The van der Waals surface area contributed by atoms with Gasteiger partial charge in [-0.2, -0.15) is 0 Å². The van der Waals surface area contributed by atoms with Crippen LogP contribution in [0, 0.1) is 0 Å². The van der Waals surface area contributed by atoms with E-state index in [0.717, 1.165) is 0 Å². The van der Waals surface area contributed by atoms with Crippen LogP contribution in [0.2, 0.25) is 5.02 Å². The van der Waals surface area contributed by atoms with Crippen molar-refractivity contribution in [3.8, 4) is 5.75 Å². The van der Waals surface area contributed by atoms with Crippen molar-refractivity contribution < 1.29 is 9.53 Å². The second-order valence-corrected chi connectivity index (χ2v) is 4.61. The molecule has 0 heterocycles. The molecule has 0 amide bonds. The van der Waals surface area contributed by atoms with Crippen molar-refractivity contribution in [1.29, 1.82) is 0 Å². The Balaban J connectivity index is 2.15. The van der Waals surface area contributed by atoms with Crippen molar-refractivity contribution in [2.24, 2.45) is 5.73 Å². The highest BCUT2D eigenvalue weighted by Crippen LogP contribution is 2.19. The molecular weight excluding hydrogens is 282 g/mol. The molecule has 0 aromatic heterocycles. The van der Waals surface area contributed by atoms with Crippen LogP contribution in [-0.4, -0.2) is 11.0 Å². The summed E-state index contributed by atoms with van der Waals surface area (Å²) in [5, 5.41) is 0.354. The van der Waals surface area contributed by atoms with Crippen LogP contribution in [0.5, 0.6) is 5.75 Å². The number of nitrogens with two attached hydrogens (primary N) is 1. The third-order valence-electron chi connectivity index (χ3n) is 2.44. The summed E-state index contributed by atoms with van der Waals surface area (Å²) in [5.41, 5.74) is 6.52. The molecule has 0 atom stereocenters. The fraction of sp³-hybridized carbons (Fsp3) is 0. The molecule has 5 heteroatoms. The Morgan fingerprint density at radius 1 is 1.11 bits per heavy atom. The molecule has 0 aliphatic heterocycles. The van der Waals surface area contributed by atoms with Gasteiger partial charge in [-0.05, 0) is 36.4 Å². The molecular formula is C14H10ClNO2S. The number of thiocarbonyl (C=S) groups is 1. The van der Waals surface area contributed by atoms with Gasteiger partial charge in [0, 0.05) is 5.56 Å². The van der Waals surface area contributed by atoms with Gasteiger partial charge in [0.25, 0.3) is 0 Å². The van der Waals surface area contributed by atoms with Crippen LogP contribution in [0.1, 0.15) is 15.9 Å². The van der Waals surface area contributed by atoms with E-state index in [1.54, 1.807) is 48.5 Å². The van der Waals surface area contributed by atoms with E-state index >= 15 is 0 Å². The maximum atomic E-state index is 11.9. The molecule has 3 nitrogen and oxygen atoms in total. The molecule has 0 saturated heterocycles. The summed E-state index contributed by atoms with van der Waals surface area (Å²) in [4.78, 5) is 12.2. The van der Waals surface area contributed by atoms with Crippen LogP contribution < -0.4 is 10.5 Å². The van der Waals surface area contributed by atoms with Crippen molar-refractivity contribution >= 4 is 34.8 Å². The van der Waals surface area contributed by atoms with E-state index in [1.807, 2.05) is 0 Å².